The van der Waals surface area contributed by atoms with Crippen LogP contribution in [0.4, 0.5) is 0 Å². The van der Waals surface area contributed by atoms with Gasteiger partial charge in [-0.1, -0.05) is 0 Å². The third kappa shape index (κ3) is 3.46. The Balaban J connectivity index is 2.44. The number of piperazine rings is 1. The van der Waals surface area contributed by atoms with Crippen LogP contribution >= 0.6 is 0 Å². The van der Waals surface area contributed by atoms with Gasteiger partial charge in [0.05, 0.1) is 0 Å². The topological polar surface area (TPSA) is 78.7 Å². The summed E-state index contributed by atoms with van der Waals surface area (Å²) in [6.45, 7) is 2.76. The van der Waals surface area contributed by atoms with E-state index in [0.717, 1.165) is 13.1 Å². The molecule has 1 saturated heterocycles. The summed E-state index contributed by atoms with van der Waals surface area (Å²) in [6, 6.07) is -0.288. The normalized spacial score (nSPS) is 21.8. The Kier molecular flexibility index (Phi) is 4.70. The van der Waals surface area contributed by atoms with Gasteiger partial charge in [0.25, 0.3) is 0 Å². The van der Waals surface area contributed by atoms with Gasteiger partial charge in [0, 0.05) is 46.7 Å². The molecular weight excluding hydrogens is 208 g/mol. The quantitative estimate of drug-likeness (QED) is 0.596. The molecule has 1 atom stereocenters. The number of primary amides is 1. The highest BCUT2D eigenvalue weighted by atomic mass is 16.2. The van der Waals surface area contributed by atoms with E-state index in [1.54, 1.807) is 19.0 Å². The predicted octanol–water partition coefficient (Wildman–Crippen LogP) is -1.78. The summed E-state index contributed by atoms with van der Waals surface area (Å²) in [6.07, 6.45) is 0.427. The summed E-state index contributed by atoms with van der Waals surface area (Å²) in [4.78, 5) is 26.1. The van der Waals surface area contributed by atoms with Crippen LogP contribution in [0.2, 0.25) is 0 Å². The fourth-order valence-corrected chi connectivity index (χ4v) is 1.76. The molecule has 0 aromatic carbocycles. The average molecular weight is 228 g/mol. The lowest BCUT2D eigenvalue weighted by Crippen LogP contribution is -2.57. The molecule has 0 bridgehead atoms. The van der Waals surface area contributed by atoms with Gasteiger partial charge in [-0.3, -0.25) is 14.5 Å². The van der Waals surface area contributed by atoms with E-state index in [2.05, 4.69) is 5.32 Å². The molecule has 0 aromatic rings. The number of carbonyl (C=O) groups is 2. The van der Waals surface area contributed by atoms with Crippen LogP contribution in [0.3, 0.4) is 0 Å². The monoisotopic (exact) mass is 228 g/mol. The van der Waals surface area contributed by atoms with E-state index >= 15 is 0 Å². The summed E-state index contributed by atoms with van der Waals surface area (Å²) in [5.74, 6) is -0.258. The molecule has 0 radical (unpaired) electrons. The maximum Gasteiger partial charge on any atom is 0.236 e. The van der Waals surface area contributed by atoms with Crippen LogP contribution < -0.4 is 11.1 Å². The van der Waals surface area contributed by atoms with Gasteiger partial charge in [-0.05, 0) is 0 Å². The van der Waals surface area contributed by atoms with Crippen LogP contribution in [-0.2, 0) is 9.59 Å². The van der Waals surface area contributed by atoms with Crippen molar-refractivity contribution in [2.24, 2.45) is 5.73 Å². The van der Waals surface area contributed by atoms with Gasteiger partial charge in [0.15, 0.2) is 0 Å². The van der Waals surface area contributed by atoms with Crippen molar-refractivity contribution in [1.82, 2.24) is 15.1 Å². The number of hydrogen-bond donors (Lipinski definition) is 2. The van der Waals surface area contributed by atoms with E-state index in [1.807, 2.05) is 4.90 Å². The molecule has 0 aliphatic carbocycles. The molecule has 0 saturated carbocycles. The zero-order chi connectivity index (χ0) is 12.1. The third-order valence-corrected chi connectivity index (χ3v) is 2.79. The zero-order valence-corrected chi connectivity index (χ0v) is 9.90. The lowest BCUT2D eigenvalue weighted by Gasteiger charge is -2.34. The van der Waals surface area contributed by atoms with Gasteiger partial charge in [-0.2, -0.15) is 0 Å². The number of nitrogens with one attached hydrogen (secondary N) is 1. The highest BCUT2D eigenvalue weighted by Crippen LogP contribution is 2.04. The lowest BCUT2D eigenvalue weighted by molar-refractivity contribution is -0.130. The van der Waals surface area contributed by atoms with Crippen molar-refractivity contribution in [3.8, 4) is 0 Å². The van der Waals surface area contributed by atoms with Crippen molar-refractivity contribution in [3.05, 3.63) is 0 Å². The van der Waals surface area contributed by atoms with Crippen molar-refractivity contribution in [2.75, 3.05) is 40.3 Å². The molecule has 6 nitrogen and oxygen atoms in total. The fraction of sp³-hybridized carbons (Fsp3) is 0.800. The maximum absolute atomic E-state index is 11.4. The highest BCUT2D eigenvalue weighted by molar-refractivity contribution is 5.80. The summed E-state index contributed by atoms with van der Waals surface area (Å²) < 4.78 is 0. The summed E-state index contributed by atoms with van der Waals surface area (Å²) in [5, 5.41) is 3.12. The van der Waals surface area contributed by atoms with Gasteiger partial charge in [0.2, 0.25) is 11.8 Å². The molecule has 1 aliphatic heterocycles. The van der Waals surface area contributed by atoms with Crippen molar-refractivity contribution in [1.29, 1.82) is 0 Å². The van der Waals surface area contributed by atoms with Gasteiger partial charge in [-0.25, -0.2) is 0 Å². The minimum atomic E-state index is -0.329. The zero-order valence-electron chi connectivity index (χ0n) is 9.90. The van der Waals surface area contributed by atoms with Gasteiger partial charge < -0.3 is 16.0 Å². The maximum atomic E-state index is 11.4. The number of hydrogen-bond acceptors (Lipinski definition) is 4. The first kappa shape index (κ1) is 12.9. The molecule has 1 unspecified atom stereocenters. The second-order valence-corrected chi connectivity index (χ2v) is 4.20. The van der Waals surface area contributed by atoms with Crippen LogP contribution in [-0.4, -0.2) is 67.9 Å². The largest absolute Gasteiger partial charge is 0.368 e. The molecule has 2 amide bonds. The minimum absolute atomic E-state index is 0.0711. The van der Waals surface area contributed by atoms with Crippen molar-refractivity contribution < 1.29 is 9.59 Å². The SMILES string of the molecule is CN(C)C(=O)CCN1CCNCC1C(N)=O. The molecule has 1 fully saturated rings. The molecular formula is C10H20N4O2. The lowest BCUT2D eigenvalue weighted by atomic mass is 10.1. The Morgan fingerprint density at radius 2 is 2.19 bits per heavy atom. The first-order valence-electron chi connectivity index (χ1n) is 5.46. The average Bonchev–Trinajstić information content (AvgIpc) is 2.25. The summed E-state index contributed by atoms with van der Waals surface area (Å²) >= 11 is 0. The van der Waals surface area contributed by atoms with Crippen LogP contribution in [0, 0.1) is 0 Å². The Bertz CT molecular complexity index is 268. The van der Waals surface area contributed by atoms with E-state index in [-0.39, 0.29) is 17.9 Å². The van der Waals surface area contributed by atoms with E-state index in [9.17, 15) is 9.59 Å². The molecule has 16 heavy (non-hydrogen) atoms. The van der Waals surface area contributed by atoms with E-state index in [4.69, 9.17) is 5.73 Å². The molecule has 0 aromatic heterocycles. The number of nitrogens with zero attached hydrogens (tertiary/aromatic N) is 2. The number of nitrogens with two attached hydrogens (primary N) is 1. The summed E-state index contributed by atoms with van der Waals surface area (Å²) in [5.41, 5.74) is 5.31. The van der Waals surface area contributed by atoms with Crippen LogP contribution in [0.25, 0.3) is 0 Å². The van der Waals surface area contributed by atoms with Gasteiger partial charge >= 0.3 is 0 Å². The first-order chi connectivity index (χ1) is 7.52. The standard InChI is InChI=1S/C10H20N4O2/c1-13(2)9(15)3-5-14-6-4-12-7-8(14)10(11)16/h8,12H,3-7H2,1-2H3,(H2,11,16). The van der Waals surface area contributed by atoms with Crippen molar-refractivity contribution in [2.45, 2.75) is 12.5 Å². The molecule has 0 spiro atoms. The smallest absolute Gasteiger partial charge is 0.236 e. The Morgan fingerprint density at radius 3 is 2.75 bits per heavy atom. The molecule has 1 heterocycles. The molecule has 1 aliphatic rings. The van der Waals surface area contributed by atoms with Gasteiger partial charge in [0.1, 0.15) is 6.04 Å². The Morgan fingerprint density at radius 1 is 1.50 bits per heavy atom. The van der Waals surface area contributed by atoms with Crippen LogP contribution in [0.15, 0.2) is 0 Å². The van der Waals surface area contributed by atoms with Crippen molar-refractivity contribution >= 4 is 11.8 Å². The van der Waals surface area contributed by atoms with E-state index in [0.29, 0.717) is 19.5 Å². The third-order valence-electron chi connectivity index (χ3n) is 2.79. The predicted molar refractivity (Wildman–Crippen MR) is 60.7 cm³/mol. The Hall–Kier alpha value is -1.14. The number of rotatable bonds is 4. The number of amides is 2. The minimum Gasteiger partial charge on any atom is -0.368 e. The fourth-order valence-electron chi connectivity index (χ4n) is 1.76. The molecule has 1 rings (SSSR count). The molecule has 3 N–H and O–H groups in total. The molecule has 92 valence electrons. The second kappa shape index (κ2) is 5.81. The van der Waals surface area contributed by atoms with Crippen LogP contribution in [0.1, 0.15) is 6.42 Å². The van der Waals surface area contributed by atoms with E-state index in [1.165, 1.54) is 0 Å². The van der Waals surface area contributed by atoms with E-state index < -0.39 is 0 Å². The highest BCUT2D eigenvalue weighted by Gasteiger charge is 2.26. The summed E-state index contributed by atoms with van der Waals surface area (Å²) in [7, 11) is 3.46. The first-order valence-corrected chi connectivity index (χ1v) is 5.46. The van der Waals surface area contributed by atoms with Crippen molar-refractivity contribution in [3.63, 3.8) is 0 Å². The molecule has 6 heteroatoms. The van der Waals surface area contributed by atoms with Gasteiger partial charge in [-0.15, -0.1) is 0 Å². The van der Waals surface area contributed by atoms with Crippen LogP contribution in [0.5, 0.6) is 0 Å². The second-order valence-electron chi connectivity index (χ2n) is 4.20. The Labute approximate surface area is 95.8 Å². The number of carbonyl (C=O) groups excluding carboxylic acids is 2.